The van der Waals surface area contributed by atoms with Crippen LogP contribution in [-0.2, 0) is 4.79 Å². The van der Waals surface area contributed by atoms with E-state index >= 15 is 0 Å². The summed E-state index contributed by atoms with van der Waals surface area (Å²) >= 11 is 0. The number of carbonyl (C=O) groups is 1. The van der Waals surface area contributed by atoms with Gasteiger partial charge in [-0.15, -0.1) is 0 Å². The van der Waals surface area contributed by atoms with Crippen molar-refractivity contribution in [3.05, 3.63) is 109 Å². The predicted molar refractivity (Wildman–Crippen MR) is 126 cm³/mol. The topological polar surface area (TPSA) is 56.1 Å². The predicted octanol–water partition coefficient (Wildman–Crippen LogP) is 5.58. The van der Waals surface area contributed by atoms with E-state index in [-0.39, 0.29) is 11.8 Å². The second-order valence-corrected chi connectivity index (χ2v) is 7.70. The zero-order valence-electron chi connectivity index (χ0n) is 17.6. The van der Waals surface area contributed by atoms with Gasteiger partial charge in [0.15, 0.2) is 0 Å². The molecule has 5 heteroatoms. The molecule has 1 aliphatic rings. The largest absolute Gasteiger partial charge is 0.490 e. The van der Waals surface area contributed by atoms with Crippen LogP contribution >= 0.6 is 0 Å². The summed E-state index contributed by atoms with van der Waals surface area (Å²) in [5, 5.41) is 8.05. The third kappa shape index (κ3) is 3.69. The van der Waals surface area contributed by atoms with Crippen LogP contribution in [0.4, 0.5) is 5.82 Å². The third-order valence-corrected chi connectivity index (χ3v) is 5.62. The van der Waals surface area contributed by atoms with Gasteiger partial charge in [0.25, 0.3) is 0 Å². The van der Waals surface area contributed by atoms with Crippen LogP contribution in [-0.4, -0.2) is 22.3 Å². The van der Waals surface area contributed by atoms with Gasteiger partial charge in [0, 0.05) is 23.5 Å². The average Bonchev–Trinajstić information content (AvgIpc) is 3.23. The van der Waals surface area contributed by atoms with Crippen molar-refractivity contribution in [2.24, 2.45) is 0 Å². The van der Waals surface area contributed by atoms with Crippen LogP contribution in [0.2, 0.25) is 0 Å². The molecular formula is C27H23N3O2. The molecule has 1 atom stereocenters. The second-order valence-electron chi connectivity index (χ2n) is 7.70. The molecule has 32 heavy (non-hydrogen) atoms. The monoisotopic (exact) mass is 421 g/mol. The molecule has 158 valence electrons. The Morgan fingerprint density at radius 2 is 1.69 bits per heavy atom. The van der Waals surface area contributed by atoms with Crippen molar-refractivity contribution in [2.45, 2.75) is 12.3 Å². The van der Waals surface area contributed by atoms with E-state index in [1.54, 1.807) is 6.08 Å². The number of para-hydroxylation sites is 1. The zero-order chi connectivity index (χ0) is 21.9. The first-order valence-corrected chi connectivity index (χ1v) is 10.6. The SMILES string of the molecule is C=CCOc1ccc(C2CC(=O)Nc3c2c(-c2ccccc2)nn3-c2ccccc2)cc1. The van der Waals surface area contributed by atoms with Crippen molar-refractivity contribution in [1.82, 2.24) is 9.78 Å². The highest BCUT2D eigenvalue weighted by Crippen LogP contribution is 2.44. The van der Waals surface area contributed by atoms with Gasteiger partial charge >= 0.3 is 0 Å². The van der Waals surface area contributed by atoms with E-state index in [1.165, 1.54) is 0 Å². The number of nitrogens with one attached hydrogen (secondary N) is 1. The number of nitrogens with zero attached hydrogens (tertiary/aromatic N) is 2. The van der Waals surface area contributed by atoms with Gasteiger partial charge in [0.1, 0.15) is 18.2 Å². The molecule has 1 N–H and O–H groups in total. The van der Waals surface area contributed by atoms with Crippen molar-refractivity contribution < 1.29 is 9.53 Å². The van der Waals surface area contributed by atoms with Gasteiger partial charge in [-0.1, -0.05) is 73.3 Å². The molecule has 1 amide bonds. The lowest BCUT2D eigenvalue weighted by Gasteiger charge is -2.25. The van der Waals surface area contributed by atoms with Gasteiger partial charge in [-0.25, -0.2) is 4.68 Å². The van der Waals surface area contributed by atoms with Crippen molar-refractivity contribution >= 4 is 11.7 Å². The molecule has 0 saturated carbocycles. The number of fused-ring (bicyclic) bond motifs is 1. The second kappa shape index (κ2) is 8.55. The molecule has 0 spiro atoms. The van der Waals surface area contributed by atoms with E-state index in [0.717, 1.165) is 39.6 Å². The van der Waals surface area contributed by atoms with Crippen molar-refractivity contribution in [3.63, 3.8) is 0 Å². The summed E-state index contributed by atoms with van der Waals surface area (Å²) in [7, 11) is 0. The fraction of sp³-hybridized carbons (Fsp3) is 0.111. The first-order valence-electron chi connectivity index (χ1n) is 10.6. The molecular weight excluding hydrogens is 398 g/mol. The quantitative estimate of drug-likeness (QED) is 0.414. The maximum absolute atomic E-state index is 12.8. The van der Waals surface area contributed by atoms with E-state index in [1.807, 2.05) is 77.5 Å². The maximum atomic E-state index is 12.8. The van der Waals surface area contributed by atoms with Crippen LogP contribution in [0.5, 0.6) is 5.75 Å². The highest BCUT2D eigenvalue weighted by atomic mass is 16.5. The molecule has 1 unspecified atom stereocenters. The summed E-state index contributed by atoms with van der Waals surface area (Å²) in [5.41, 5.74) is 4.88. The summed E-state index contributed by atoms with van der Waals surface area (Å²) in [5.74, 6) is 1.37. The molecule has 5 nitrogen and oxygen atoms in total. The summed E-state index contributed by atoms with van der Waals surface area (Å²) < 4.78 is 7.47. The molecule has 3 aromatic carbocycles. The van der Waals surface area contributed by atoms with Gasteiger partial charge in [-0.05, 0) is 29.8 Å². The molecule has 0 radical (unpaired) electrons. The highest BCUT2D eigenvalue weighted by molar-refractivity contribution is 5.96. The van der Waals surface area contributed by atoms with Crippen LogP contribution in [0.3, 0.4) is 0 Å². The Bertz CT molecular complexity index is 1250. The molecule has 0 saturated heterocycles. The van der Waals surface area contributed by atoms with Crippen LogP contribution in [0, 0.1) is 0 Å². The number of ether oxygens (including phenoxy) is 1. The normalized spacial score (nSPS) is 15.0. The minimum absolute atomic E-state index is 0.0221. The Labute approximate surface area is 187 Å². The number of benzene rings is 3. The van der Waals surface area contributed by atoms with E-state index in [2.05, 4.69) is 24.0 Å². The number of amides is 1. The molecule has 1 aliphatic heterocycles. The Kier molecular flexibility index (Phi) is 5.30. The van der Waals surface area contributed by atoms with Crippen LogP contribution in [0.25, 0.3) is 16.9 Å². The van der Waals surface area contributed by atoms with Crippen LogP contribution < -0.4 is 10.1 Å². The molecule has 4 aromatic rings. The lowest BCUT2D eigenvalue weighted by Crippen LogP contribution is -2.24. The molecule has 2 heterocycles. The minimum atomic E-state index is -0.111. The number of carbonyl (C=O) groups excluding carboxylic acids is 1. The van der Waals surface area contributed by atoms with E-state index < -0.39 is 0 Å². The summed E-state index contributed by atoms with van der Waals surface area (Å²) in [6, 6.07) is 27.9. The fourth-order valence-electron chi connectivity index (χ4n) is 4.15. The molecule has 5 rings (SSSR count). The van der Waals surface area contributed by atoms with E-state index in [0.29, 0.717) is 13.0 Å². The van der Waals surface area contributed by atoms with Gasteiger partial charge in [0.2, 0.25) is 5.91 Å². The fourth-order valence-corrected chi connectivity index (χ4v) is 4.15. The lowest BCUT2D eigenvalue weighted by molar-refractivity contribution is -0.116. The molecule has 0 fully saturated rings. The summed E-state index contributed by atoms with van der Waals surface area (Å²) in [6.07, 6.45) is 2.08. The smallest absolute Gasteiger partial charge is 0.226 e. The Hall–Kier alpha value is -4.12. The number of anilines is 1. The Balaban J connectivity index is 1.66. The van der Waals surface area contributed by atoms with E-state index in [4.69, 9.17) is 9.84 Å². The zero-order valence-corrected chi connectivity index (χ0v) is 17.6. The Morgan fingerprint density at radius 1 is 1.00 bits per heavy atom. The maximum Gasteiger partial charge on any atom is 0.226 e. The number of hydrogen-bond acceptors (Lipinski definition) is 3. The average molecular weight is 422 g/mol. The van der Waals surface area contributed by atoms with Gasteiger partial charge in [0.05, 0.1) is 11.4 Å². The minimum Gasteiger partial charge on any atom is -0.490 e. The summed E-state index contributed by atoms with van der Waals surface area (Å²) in [4.78, 5) is 12.8. The highest BCUT2D eigenvalue weighted by Gasteiger charge is 2.34. The molecule has 0 bridgehead atoms. The Morgan fingerprint density at radius 3 is 2.38 bits per heavy atom. The first kappa shape index (κ1) is 19.8. The number of rotatable bonds is 6. The first-order chi connectivity index (χ1) is 15.7. The van der Waals surface area contributed by atoms with Crippen LogP contribution in [0.15, 0.2) is 97.6 Å². The number of hydrogen-bond donors (Lipinski definition) is 1. The molecule has 1 aromatic heterocycles. The van der Waals surface area contributed by atoms with Crippen molar-refractivity contribution in [2.75, 3.05) is 11.9 Å². The van der Waals surface area contributed by atoms with Crippen LogP contribution in [0.1, 0.15) is 23.5 Å². The summed E-state index contributed by atoms with van der Waals surface area (Å²) in [6.45, 7) is 4.14. The van der Waals surface area contributed by atoms with Gasteiger partial charge in [-0.2, -0.15) is 5.10 Å². The molecule has 0 aliphatic carbocycles. The number of aromatic nitrogens is 2. The van der Waals surface area contributed by atoms with Gasteiger partial charge in [-0.3, -0.25) is 4.79 Å². The van der Waals surface area contributed by atoms with E-state index in [9.17, 15) is 4.79 Å². The lowest BCUT2D eigenvalue weighted by atomic mass is 9.84. The van der Waals surface area contributed by atoms with Crippen molar-refractivity contribution in [1.29, 1.82) is 0 Å². The van der Waals surface area contributed by atoms with Gasteiger partial charge < -0.3 is 10.1 Å². The third-order valence-electron chi connectivity index (χ3n) is 5.62. The standard InChI is InChI=1S/C27H23N3O2/c1-2-17-32-22-15-13-19(14-16-22)23-18-24(31)28-27-25(23)26(20-9-5-3-6-10-20)29-30(27)21-11-7-4-8-12-21/h2-16,23H,1,17-18H2,(H,28,31). The van der Waals surface area contributed by atoms with Crippen molar-refractivity contribution in [3.8, 4) is 22.7 Å².